The maximum atomic E-state index is 13.4. The number of halogens is 5. The van der Waals surface area contributed by atoms with Crippen molar-refractivity contribution < 1.29 is 17.6 Å². The molecular formula is C18H11ClF4N8. The minimum absolute atomic E-state index is 0.0275. The Labute approximate surface area is 176 Å². The van der Waals surface area contributed by atoms with Crippen LogP contribution in [0.2, 0.25) is 5.02 Å². The van der Waals surface area contributed by atoms with Gasteiger partial charge in [-0.2, -0.15) is 18.2 Å². The SMILES string of the molecule is Nc1ncc(-c2cnc(Nc3ccc(F)c(Cl)c3)nc2-n2cnc(C(F)(F)F)c2)cn1. The van der Waals surface area contributed by atoms with E-state index in [1.807, 2.05) is 0 Å². The van der Waals surface area contributed by atoms with Crippen molar-refractivity contribution in [2.45, 2.75) is 6.18 Å². The van der Waals surface area contributed by atoms with Crippen molar-refractivity contribution in [3.8, 4) is 16.9 Å². The van der Waals surface area contributed by atoms with E-state index in [4.69, 9.17) is 17.3 Å². The van der Waals surface area contributed by atoms with E-state index in [2.05, 4.69) is 30.2 Å². The molecule has 4 aromatic rings. The fourth-order valence-corrected chi connectivity index (χ4v) is 2.78. The van der Waals surface area contributed by atoms with Gasteiger partial charge in [0.25, 0.3) is 0 Å². The highest BCUT2D eigenvalue weighted by molar-refractivity contribution is 6.31. The second-order valence-corrected chi connectivity index (χ2v) is 6.59. The third kappa shape index (κ3) is 4.38. The van der Waals surface area contributed by atoms with Crippen LogP contribution in [-0.4, -0.2) is 29.5 Å². The Morgan fingerprint density at radius 1 is 1.03 bits per heavy atom. The van der Waals surface area contributed by atoms with Gasteiger partial charge in [-0.05, 0) is 18.2 Å². The zero-order valence-corrected chi connectivity index (χ0v) is 16.0. The summed E-state index contributed by atoms with van der Waals surface area (Å²) in [7, 11) is 0. The summed E-state index contributed by atoms with van der Waals surface area (Å²) < 4.78 is 53.5. The number of anilines is 3. The van der Waals surface area contributed by atoms with E-state index < -0.39 is 17.7 Å². The van der Waals surface area contributed by atoms with Crippen molar-refractivity contribution in [1.82, 2.24) is 29.5 Å². The Bertz CT molecular complexity index is 1240. The van der Waals surface area contributed by atoms with Crippen molar-refractivity contribution in [1.29, 1.82) is 0 Å². The molecule has 13 heteroatoms. The Kier molecular flexibility index (Phi) is 5.15. The number of alkyl halides is 3. The zero-order chi connectivity index (χ0) is 22.2. The molecule has 0 fully saturated rings. The molecule has 0 radical (unpaired) electrons. The summed E-state index contributed by atoms with van der Waals surface area (Å²) in [6.45, 7) is 0. The maximum Gasteiger partial charge on any atom is 0.434 e. The summed E-state index contributed by atoms with van der Waals surface area (Å²) >= 11 is 5.77. The Hall–Kier alpha value is -3.80. The average molecular weight is 451 g/mol. The fourth-order valence-electron chi connectivity index (χ4n) is 2.60. The molecule has 3 aromatic heterocycles. The van der Waals surface area contributed by atoms with Gasteiger partial charge in [0.05, 0.1) is 5.02 Å². The Morgan fingerprint density at radius 2 is 1.77 bits per heavy atom. The standard InChI is InChI=1S/C18H11ClF4N8/c19-12-3-10(1-2-13(12)20)29-17-27-6-11(9-4-25-16(24)26-5-9)15(30-17)31-7-14(28-8-31)18(21,22)23/h1-8H,(H2,24,25,26)(H,27,29,30). The van der Waals surface area contributed by atoms with Crippen molar-refractivity contribution in [2.75, 3.05) is 11.1 Å². The summed E-state index contributed by atoms with van der Waals surface area (Å²) in [6.07, 6.45) is 1.29. The molecular weight excluding hydrogens is 440 g/mol. The lowest BCUT2D eigenvalue weighted by Crippen LogP contribution is -2.06. The second kappa shape index (κ2) is 7.80. The van der Waals surface area contributed by atoms with E-state index in [1.54, 1.807) is 0 Å². The first-order valence-corrected chi connectivity index (χ1v) is 8.87. The summed E-state index contributed by atoms with van der Waals surface area (Å²) in [5.41, 5.74) is 5.53. The number of nitrogens with one attached hydrogen (secondary N) is 1. The van der Waals surface area contributed by atoms with Crippen LogP contribution in [-0.2, 0) is 6.18 Å². The number of hydrogen-bond acceptors (Lipinski definition) is 7. The van der Waals surface area contributed by atoms with Gasteiger partial charge >= 0.3 is 6.18 Å². The number of rotatable bonds is 4. The predicted molar refractivity (Wildman–Crippen MR) is 104 cm³/mol. The van der Waals surface area contributed by atoms with E-state index in [-0.39, 0.29) is 22.7 Å². The Balaban J connectivity index is 1.79. The van der Waals surface area contributed by atoms with E-state index in [9.17, 15) is 17.6 Å². The first-order chi connectivity index (χ1) is 14.7. The molecule has 0 unspecified atom stereocenters. The number of aromatic nitrogens is 6. The van der Waals surface area contributed by atoms with E-state index in [1.165, 1.54) is 30.7 Å². The minimum Gasteiger partial charge on any atom is -0.368 e. The monoisotopic (exact) mass is 450 g/mol. The molecule has 0 amide bonds. The second-order valence-electron chi connectivity index (χ2n) is 6.18. The molecule has 0 spiro atoms. The van der Waals surface area contributed by atoms with Crippen LogP contribution in [0.15, 0.2) is 49.3 Å². The Morgan fingerprint density at radius 3 is 2.42 bits per heavy atom. The number of hydrogen-bond donors (Lipinski definition) is 2. The first-order valence-electron chi connectivity index (χ1n) is 8.49. The molecule has 0 atom stereocenters. The van der Waals surface area contributed by atoms with Gasteiger partial charge in [0.2, 0.25) is 11.9 Å². The summed E-state index contributed by atoms with van der Waals surface area (Å²) in [5.74, 6) is -0.479. The summed E-state index contributed by atoms with van der Waals surface area (Å²) in [5, 5.41) is 2.71. The van der Waals surface area contributed by atoms with Gasteiger partial charge in [0, 0.05) is 41.6 Å². The molecule has 4 rings (SSSR count). The highest BCUT2D eigenvalue weighted by Gasteiger charge is 2.34. The molecule has 0 bridgehead atoms. The molecule has 0 saturated heterocycles. The third-order valence-electron chi connectivity index (χ3n) is 4.04. The molecule has 0 aliphatic rings. The van der Waals surface area contributed by atoms with Gasteiger partial charge in [-0.15, -0.1) is 0 Å². The smallest absolute Gasteiger partial charge is 0.368 e. The van der Waals surface area contributed by atoms with Crippen molar-refractivity contribution >= 4 is 29.2 Å². The van der Waals surface area contributed by atoms with Crippen LogP contribution in [0.1, 0.15) is 5.69 Å². The van der Waals surface area contributed by atoms with E-state index in [0.29, 0.717) is 16.8 Å². The summed E-state index contributed by atoms with van der Waals surface area (Å²) in [4.78, 5) is 19.6. The van der Waals surface area contributed by atoms with Crippen LogP contribution in [0.25, 0.3) is 16.9 Å². The first kappa shape index (κ1) is 20.5. The number of nitrogens with two attached hydrogens (primary N) is 1. The topological polar surface area (TPSA) is 107 Å². The van der Waals surface area contributed by atoms with Crippen LogP contribution in [0.5, 0.6) is 0 Å². The number of benzene rings is 1. The molecule has 3 N–H and O–H groups in total. The molecule has 0 aliphatic heterocycles. The fraction of sp³-hybridized carbons (Fsp3) is 0.0556. The number of imidazole rings is 1. The molecule has 158 valence electrons. The van der Waals surface area contributed by atoms with Crippen LogP contribution >= 0.6 is 11.6 Å². The largest absolute Gasteiger partial charge is 0.434 e. The highest BCUT2D eigenvalue weighted by atomic mass is 35.5. The van der Waals surface area contributed by atoms with Crippen LogP contribution < -0.4 is 11.1 Å². The molecule has 3 heterocycles. The molecule has 0 saturated carbocycles. The van der Waals surface area contributed by atoms with E-state index >= 15 is 0 Å². The average Bonchev–Trinajstić information content (AvgIpc) is 3.22. The van der Waals surface area contributed by atoms with Gasteiger partial charge in [0.15, 0.2) is 11.5 Å². The van der Waals surface area contributed by atoms with E-state index in [0.717, 1.165) is 23.2 Å². The predicted octanol–water partition coefficient (Wildman–Crippen LogP) is 4.26. The highest BCUT2D eigenvalue weighted by Crippen LogP contribution is 2.31. The van der Waals surface area contributed by atoms with Gasteiger partial charge in [-0.25, -0.2) is 24.3 Å². The summed E-state index contributed by atoms with van der Waals surface area (Å²) in [6, 6.07) is 3.88. The third-order valence-corrected chi connectivity index (χ3v) is 4.33. The quantitative estimate of drug-likeness (QED) is 0.447. The molecule has 8 nitrogen and oxygen atoms in total. The van der Waals surface area contributed by atoms with Crippen LogP contribution in [0, 0.1) is 5.82 Å². The lowest BCUT2D eigenvalue weighted by molar-refractivity contribution is -0.140. The normalized spacial score (nSPS) is 11.5. The number of nitrogen functional groups attached to an aromatic ring is 1. The van der Waals surface area contributed by atoms with Gasteiger partial charge < -0.3 is 11.1 Å². The zero-order valence-electron chi connectivity index (χ0n) is 15.3. The van der Waals surface area contributed by atoms with Crippen LogP contribution in [0.3, 0.4) is 0 Å². The van der Waals surface area contributed by atoms with Gasteiger partial charge in [0.1, 0.15) is 12.1 Å². The van der Waals surface area contributed by atoms with Crippen molar-refractivity contribution in [2.24, 2.45) is 0 Å². The van der Waals surface area contributed by atoms with Crippen molar-refractivity contribution in [3.63, 3.8) is 0 Å². The van der Waals surface area contributed by atoms with Crippen molar-refractivity contribution in [3.05, 3.63) is 65.8 Å². The molecule has 0 aliphatic carbocycles. The van der Waals surface area contributed by atoms with Crippen LogP contribution in [0.4, 0.5) is 35.1 Å². The number of nitrogens with zero attached hydrogens (tertiary/aromatic N) is 6. The molecule has 31 heavy (non-hydrogen) atoms. The van der Waals surface area contributed by atoms with Gasteiger partial charge in [-0.3, -0.25) is 4.57 Å². The lowest BCUT2D eigenvalue weighted by atomic mass is 10.1. The molecule has 1 aromatic carbocycles. The lowest BCUT2D eigenvalue weighted by Gasteiger charge is -2.12. The van der Waals surface area contributed by atoms with Gasteiger partial charge in [-0.1, -0.05) is 11.6 Å². The maximum absolute atomic E-state index is 13.4. The minimum atomic E-state index is -4.63.